The molecule has 18 heavy (non-hydrogen) atoms. The molecule has 1 unspecified atom stereocenters. The third-order valence-corrected chi connectivity index (χ3v) is 2.36. The molecule has 1 aromatic rings. The van der Waals surface area contributed by atoms with Crippen molar-refractivity contribution in [1.82, 2.24) is 14.8 Å². The average molecular weight is 276 g/mol. The number of aromatic nitrogens is 3. The molecule has 0 aliphatic rings. The van der Waals surface area contributed by atoms with E-state index in [0.29, 0.717) is 0 Å². The van der Waals surface area contributed by atoms with Crippen molar-refractivity contribution in [2.45, 2.75) is 24.8 Å². The molecule has 1 rings (SSSR count). The van der Waals surface area contributed by atoms with E-state index in [2.05, 4.69) is 10.1 Å². The Bertz CT molecular complexity index is 381. The number of hydrogen-bond donors (Lipinski definition) is 1. The number of rotatable bonds is 3. The summed E-state index contributed by atoms with van der Waals surface area (Å²) in [6.07, 6.45) is -10.5. The summed E-state index contributed by atoms with van der Waals surface area (Å²) in [4.78, 5) is 3.54. The summed E-state index contributed by atoms with van der Waals surface area (Å²) in [6, 6.07) is -2.16. The molecule has 1 heterocycles. The van der Waals surface area contributed by atoms with Gasteiger partial charge in [-0.15, -0.1) is 0 Å². The van der Waals surface area contributed by atoms with Crippen molar-refractivity contribution in [3.63, 3.8) is 0 Å². The van der Waals surface area contributed by atoms with E-state index in [0.717, 1.165) is 11.0 Å². The van der Waals surface area contributed by atoms with Crippen LogP contribution in [-0.4, -0.2) is 33.2 Å². The first-order chi connectivity index (χ1) is 8.03. The van der Waals surface area contributed by atoms with Crippen molar-refractivity contribution in [3.05, 3.63) is 12.2 Å². The standard InChI is InChI=1S/C8H10F6N4/c1-18-5(16-3-17-18)2-4(15)6(7(9,10)11)8(12,13)14/h3-4,6H,2,15H2,1H3. The Morgan fingerprint density at radius 2 is 1.72 bits per heavy atom. The van der Waals surface area contributed by atoms with Crippen LogP contribution in [0.4, 0.5) is 26.3 Å². The molecule has 0 aliphatic carbocycles. The van der Waals surface area contributed by atoms with Crippen LogP contribution in [0.3, 0.4) is 0 Å². The predicted molar refractivity (Wildman–Crippen MR) is 48.3 cm³/mol. The van der Waals surface area contributed by atoms with Crippen LogP contribution in [0.1, 0.15) is 5.82 Å². The zero-order valence-corrected chi connectivity index (χ0v) is 9.13. The van der Waals surface area contributed by atoms with Gasteiger partial charge in [-0.1, -0.05) is 0 Å². The molecule has 0 amide bonds. The predicted octanol–water partition coefficient (Wildman–Crippen LogP) is 1.43. The van der Waals surface area contributed by atoms with E-state index in [9.17, 15) is 26.3 Å². The van der Waals surface area contributed by atoms with Crippen LogP contribution < -0.4 is 5.73 Å². The quantitative estimate of drug-likeness (QED) is 0.850. The van der Waals surface area contributed by atoms with Gasteiger partial charge in [-0.3, -0.25) is 4.68 Å². The topological polar surface area (TPSA) is 56.7 Å². The first kappa shape index (κ1) is 14.7. The summed E-state index contributed by atoms with van der Waals surface area (Å²) in [5.74, 6) is -3.62. The van der Waals surface area contributed by atoms with E-state index in [-0.39, 0.29) is 5.82 Å². The van der Waals surface area contributed by atoms with E-state index in [4.69, 9.17) is 5.73 Å². The first-order valence-corrected chi connectivity index (χ1v) is 4.75. The Balaban J connectivity index is 2.91. The molecular formula is C8H10F6N4. The number of alkyl halides is 6. The van der Waals surface area contributed by atoms with Gasteiger partial charge in [0.15, 0.2) is 5.92 Å². The van der Waals surface area contributed by atoms with Crippen molar-refractivity contribution >= 4 is 0 Å². The molecule has 1 aromatic heterocycles. The molecule has 0 spiro atoms. The Labute approximate surface area is 97.8 Å². The fourth-order valence-corrected chi connectivity index (χ4v) is 1.50. The zero-order chi connectivity index (χ0) is 14.1. The van der Waals surface area contributed by atoms with Gasteiger partial charge in [-0.05, 0) is 0 Å². The van der Waals surface area contributed by atoms with Crippen molar-refractivity contribution < 1.29 is 26.3 Å². The van der Waals surface area contributed by atoms with Gasteiger partial charge in [-0.2, -0.15) is 31.4 Å². The van der Waals surface area contributed by atoms with Crippen LogP contribution in [-0.2, 0) is 13.5 Å². The lowest BCUT2D eigenvalue weighted by atomic mass is 9.96. The van der Waals surface area contributed by atoms with Crippen molar-refractivity contribution in [2.75, 3.05) is 0 Å². The van der Waals surface area contributed by atoms with Crippen LogP contribution in [0.5, 0.6) is 0 Å². The van der Waals surface area contributed by atoms with Gasteiger partial charge in [0.1, 0.15) is 12.2 Å². The molecule has 0 radical (unpaired) electrons. The molecule has 4 nitrogen and oxygen atoms in total. The lowest BCUT2D eigenvalue weighted by molar-refractivity contribution is -0.289. The Morgan fingerprint density at radius 3 is 2.06 bits per heavy atom. The minimum Gasteiger partial charge on any atom is -0.326 e. The van der Waals surface area contributed by atoms with Gasteiger partial charge in [0.05, 0.1) is 0 Å². The number of hydrogen-bond acceptors (Lipinski definition) is 3. The minimum atomic E-state index is -5.45. The highest BCUT2D eigenvalue weighted by atomic mass is 19.4. The van der Waals surface area contributed by atoms with E-state index < -0.39 is 30.7 Å². The third kappa shape index (κ3) is 3.34. The SMILES string of the molecule is Cn1ncnc1CC(N)C(C(F)(F)F)C(F)(F)F. The van der Waals surface area contributed by atoms with Crippen LogP contribution in [0.25, 0.3) is 0 Å². The summed E-state index contributed by atoms with van der Waals surface area (Å²) in [6.45, 7) is 0. The summed E-state index contributed by atoms with van der Waals surface area (Å²) in [5, 5.41) is 3.54. The molecule has 104 valence electrons. The summed E-state index contributed by atoms with van der Waals surface area (Å²) < 4.78 is 75.2. The lowest BCUT2D eigenvalue weighted by Crippen LogP contribution is -2.50. The van der Waals surface area contributed by atoms with Gasteiger partial charge < -0.3 is 5.73 Å². The number of halogens is 6. The second-order valence-electron chi connectivity index (χ2n) is 3.73. The van der Waals surface area contributed by atoms with Crippen molar-refractivity contribution in [2.24, 2.45) is 18.7 Å². The third-order valence-electron chi connectivity index (χ3n) is 2.36. The number of nitrogens with two attached hydrogens (primary N) is 1. The highest BCUT2D eigenvalue weighted by Crippen LogP contribution is 2.41. The van der Waals surface area contributed by atoms with Gasteiger partial charge >= 0.3 is 12.4 Å². The molecule has 0 saturated heterocycles. The molecule has 0 fully saturated rings. The first-order valence-electron chi connectivity index (χ1n) is 4.75. The molecule has 2 N–H and O–H groups in total. The molecule has 0 aromatic carbocycles. The Kier molecular flexibility index (Phi) is 3.89. The molecule has 0 aliphatic heterocycles. The average Bonchev–Trinajstić information content (AvgIpc) is 2.45. The maximum absolute atomic E-state index is 12.4. The van der Waals surface area contributed by atoms with E-state index in [1.54, 1.807) is 0 Å². The molecule has 0 saturated carbocycles. The maximum Gasteiger partial charge on any atom is 0.402 e. The maximum atomic E-state index is 12.4. The van der Waals surface area contributed by atoms with E-state index in [1.807, 2.05) is 0 Å². The summed E-state index contributed by atoms with van der Waals surface area (Å²) in [5.41, 5.74) is 5.03. The van der Waals surface area contributed by atoms with Crippen LogP contribution >= 0.6 is 0 Å². The number of aryl methyl sites for hydroxylation is 1. The molecule has 10 heteroatoms. The highest BCUT2D eigenvalue weighted by Gasteiger charge is 2.59. The second kappa shape index (κ2) is 4.75. The van der Waals surface area contributed by atoms with Crippen LogP contribution in [0, 0.1) is 5.92 Å². The van der Waals surface area contributed by atoms with Crippen LogP contribution in [0.2, 0.25) is 0 Å². The molecule has 0 bridgehead atoms. The fraction of sp³-hybridized carbons (Fsp3) is 0.750. The van der Waals surface area contributed by atoms with E-state index in [1.165, 1.54) is 7.05 Å². The zero-order valence-electron chi connectivity index (χ0n) is 9.13. The van der Waals surface area contributed by atoms with Crippen molar-refractivity contribution in [3.8, 4) is 0 Å². The minimum absolute atomic E-state index is 0.0407. The fourth-order valence-electron chi connectivity index (χ4n) is 1.50. The lowest BCUT2D eigenvalue weighted by Gasteiger charge is -2.27. The van der Waals surface area contributed by atoms with Gasteiger partial charge in [-0.25, -0.2) is 4.98 Å². The van der Waals surface area contributed by atoms with Crippen LogP contribution in [0.15, 0.2) is 6.33 Å². The Morgan fingerprint density at radius 1 is 1.22 bits per heavy atom. The molecular weight excluding hydrogens is 266 g/mol. The highest BCUT2D eigenvalue weighted by molar-refractivity contribution is 4.94. The Hall–Kier alpha value is -1.32. The monoisotopic (exact) mass is 276 g/mol. The smallest absolute Gasteiger partial charge is 0.326 e. The summed E-state index contributed by atoms with van der Waals surface area (Å²) in [7, 11) is 1.35. The van der Waals surface area contributed by atoms with E-state index >= 15 is 0 Å². The van der Waals surface area contributed by atoms with Gasteiger partial charge in [0, 0.05) is 19.5 Å². The number of nitrogens with zero attached hydrogens (tertiary/aromatic N) is 3. The largest absolute Gasteiger partial charge is 0.402 e. The molecule has 1 atom stereocenters. The second-order valence-corrected chi connectivity index (χ2v) is 3.73. The summed E-state index contributed by atoms with van der Waals surface area (Å²) >= 11 is 0. The van der Waals surface area contributed by atoms with Gasteiger partial charge in [0.25, 0.3) is 0 Å². The normalized spacial score (nSPS) is 15.2. The van der Waals surface area contributed by atoms with Crippen molar-refractivity contribution in [1.29, 1.82) is 0 Å². The van der Waals surface area contributed by atoms with Gasteiger partial charge in [0.2, 0.25) is 0 Å².